The van der Waals surface area contributed by atoms with E-state index in [2.05, 4.69) is 11.9 Å². The lowest BCUT2D eigenvalue weighted by molar-refractivity contribution is -0.131. The third-order valence-corrected chi connectivity index (χ3v) is 3.63. The molecule has 0 aliphatic heterocycles. The highest BCUT2D eigenvalue weighted by atomic mass is 35.5. The Morgan fingerprint density at radius 3 is 2.64 bits per heavy atom. The van der Waals surface area contributed by atoms with Gasteiger partial charge in [0.25, 0.3) is 0 Å². The molecule has 1 N–H and O–H groups in total. The molecule has 0 saturated carbocycles. The number of rotatable bonds is 6. The molecule has 0 saturated heterocycles. The summed E-state index contributed by atoms with van der Waals surface area (Å²) in [6.07, 6.45) is 1.15. The summed E-state index contributed by atoms with van der Waals surface area (Å²) in [5.74, 6) is -1.02. The number of amides is 2. The third kappa shape index (κ3) is 4.84. The summed E-state index contributed by atoms with van der Waals surface area (Å²) < 4.78 is 13.1. The zero-order chi connectivity index (χ0) is 16.9. The Balaban J connectivity index is 2.67. The van der Waals surface area contributed by atoms with Crippen molar-refractivity contribution in [1.82, 2.24) is 10.2 Å². The van der Waals surface area contributed by atoms with Gasteiger partial charge < -0.3 is 10.2 Å². The Morgan fingerprint density at radius 2 is 2.09 bits per heavy atom. The number of carbonyl (C=O) groups is 2. The van der Waals surface area contributed by atoms with E-state index in [-0.39, 0.29) is 18.4 Å². The van der Waals surface area contributed by atoms with Crippen molar-refractivity contribution in [3.8, 4) is 0 Å². The van der Waals surface area contributed by atoms with Gasteiger partial charge in [-0.15, -0.1) is 0 Å². The van der Waals surface area contributed by atoms with Gasteiger partial charge in [-0.3, -0.25) is 9.59 Å². The molecule has 0 fully saturated rings. The lowest BCUT2D eigenvalue weighted by Gasteiger charge is -2.27. The first kappa shape index (κ1) is 18.2. The van der Waals surface area contributed by atoms with Crippen LogP contribution in [-0.4, -0.2) is 36.9 Å². The molecule has 0 unspecified atom stereocenters. The maximum atomic E-state index is 13.1. The van der Waals surface area contributed by atoms with Crippen LogP contribution >= 0.6 is 11.6 Å². The molecule has 120 valence electrons. The van der Waals surface area contributed by atoms with Gasteiger partial charge in [-0.2, -0.15) is 0 Å². The molecule has 0 heterocycles. The predicted octanol–water partition coefficient (Wildman–Crippen LogP) is 2.52. The first-order chi connectivity index (χ1) is 10.2. The van der Waals surface area contributed by atoms with E-state index >= 15 is 0 Å². The number of nitrogens with one attached hydrogen (secondary N) is 1. The molecule has 0 spiro atoms. The standard InChI is InChI=1S/C16H20ClFN2O2/c1-5-15(22)20(4)9-14(21)19-10-16(2,3)12-7-6-11(18)8-13(12)17/h5-8H,1,9-10H2,2-4H3,(H,19,21). The first-order valence-electron chi connectivity index (χ1n) is 6.77. The molecule has 0 radical (unpaired) electrons. The van der Waals surface area contributed by atoms with Crippen LogP contribution in [0.2, 0.25) is 5.02 Å². The third-order valence-electron chi connectivity index (χ3n) is 3.32. The number of likely N-dealkylation sites (N-methyl/N-ethyl adjacent to an activating group) is 1. The van der Waals surface area contributed by atoms with Gasteiger partial charge in [0.1, 0.15) is 5.82 Å². The quantitative estimate of drug-likeness (QED) is 0.817. The number of halogens is 2. The summed E-state index contributed by atoms with van der Waals surface area (Å²) in [4.78, 5) is 24.4. The Hall–Kier alpha value is -1.88. The molecular weight excluding hydrogens is 307 g/mol. The van der Waals surface area contributed by atoms with Gasteiger partial charge in [-0.25, -0.2) is 4.39 Å². The maximum Gasteiger partial charge on any atom is 0.246 e. The van der Waals surface area contributed by atoms with Crippen LogP contribution < -0.4 is 5.32 Å². The lowest BCUT2D eigenvalue weighted by atomic mass is 9.84. The summed E-state index contributed by atoms with van der Waals surface area (Å²) >= 11 is 6.06. The summed E-state index contributed by atoms with van der Waals surface area (Å²) in [5.41, 5.74) is 0.271. The molecule has 1 rings (SSSR count). The van der Waals surface area contributed by atoms with Crippen molar-refractivity contribution in [2.75, 3.05) is 20.1 Å². The minimum absolute atomic E-state index is 0.0575. The van der Waals surface area contributed by atoms with Gasteiger partial charge in [0.05, 0.1) is 6.54 Å². The molecule has 6 heteroatoms. The fourth-order valence-electron chi connectivity index (χ4n) is 1.96. The highest BCUT2D eigenvalue weighted by Gasteiger charge is 2.24. The van der Waals surface area contributed by atoms with Gasteiger partial charge in [0.15, 0.2) is 0 Å². The molecular formula is C16H20ClFN2O2. The van der Waals surface area contributed by atoms with E-state index < -0.39 is 11.2 Å². The van der Waals surface area contributed by atoms with Crippen molar-refractivity contribution in [3.05, 3.63) is 47.3 Å². The van der Waals surface area contributed by atoms with Crippen LogP contribution in [0.3, 0.4) is 0 Å². The molecule has 0 atom stereocenters. The first-order valence-corrected chi connectivity index (χ1v) is 7.15. The molecule has 0 bridgehead atoms. The number of benzene rings is 1. The Kier molecular flexibility index (Phi) is 6.11. The summed E-state index contributed by atoms with van der Waals surface area (Å²) in [7, 11) is 1.52. The highest BCUT2D eigenvalue weighted by Crippen LogP contribution is 2.29. The van der Waals surface area contributed by atoms with Crippen LogP contribution in [0.25, 0.3) is 0 Å². The van der Waals surface area contributed by atoms with E-state index in [1.54, 1.807) is 6.07 Å². The lowest BCUT2D eigenvalue weighted by Crippen LogP contribution is -2.42. The van der Waals surface area contributed by atoms with Crippen molar-refractivity contribution in [3.63, 3.8) is 0 Å². The predicted molar refractivity (Wildman–Crippen MR) is 85.3 cm³/mol. The Bertz CT molecular complexity index is 588. The molecule has 1 aromatic rings. The average molecular weight is 327 g/mol. The van der Waals surface area contributed by atoms with Gasteiger partial charge >= 0.3 is 0 Å². The molecule has 0 aromatic heterocycles. The fourth-order valence-corrected chi connectivity index (χ4v) is 2.38. The van der Waals surface area contributed by atoms with E-state index in [1.807, 2.05) is 13.8 Å². The van der Waals surface area contributed by atoms with Crippen molar-refractivity contribution >= 4 is 23.4 Å². The van der Waals surface area contributed by atoms with Crippen LogP contribution in [0.1, 0.15) is 19.4 Å². The Labute approximate surface area is 134 Å². The van der Waals surface area contributed by atoms with Gasteiger partial charge in [-0.05, 0) is 23.8 Å². The molecule has 22 heavy (non-hydrogen) atoms. The minimum Gasteiger partial charge on any atom is -0.354 e. The number of hydrogen-bond acceptors (Lipinski definition) is 2. The largest absolute Gasteiger partial charge is 0.354 e. The number of carbonyl (C=O) groups excluding carboxylic acids is 2. The monoisotopic (exact) mass is 326 g/mol. The second kappa shape index (κ2) is 7.40. The van der Waals surface area contributed by atoms with Crippen LogP contribution in [0.5, 0.6) is 0 Å². The summed E-state index contributed by atoms with van der Waals surface area (Å²) in [6, 6.07) is 4.19. The zero-order valence-electron chi connectivity index (χ0n) is 13.0. The maximum absolute atomic E-state index is 13.1. The highest BCUT2D eigenvalue weighted by molar-refractivity contribution is 6.31. The number of nitrogens with zero attached hydrogens (tertiary/aromatic N) is 1. The second-order valence-electron chi connectivity index (χ2n) is 5.68. The number of hydrogen-bond donors (Lipinski definition) is 1. The van der Waals surface area contributed by atoms with Crippen LogP contribution in [0.4, 0.5) is 4.39 Å². The fraction of sp³-hybridized carbons (Fsp3) is 0.375. The molecule has 0 aliphatic rings. The van der Waals surface area contributed by atoms with Crippen LogP contribution in [0, 0.1) is 5.82 Å². The Morgan fingerprint density at radius 1 is 1.45 bits per heavy atom. The molecule has 4 nitrogen and oxygen atoms in total. The second-order valence-corrected chi connectivity index (χ2v) is 6.09. The van der Waals surface area contributed by atoms with E-state index in [1.165, 1.54) is 24.1 Å². The van der Waals surface area contributed by atoms with Crippen molar-refractivity contribution in [2.45, 2.75) is 19.3 Å². The molecule has 1 aromatic carbocycles. The van der Waals surface area contributed by atoms with Gasteiger partial charge in [-0.1, -0.05) is 38.1 Å². The molecule has 0 aliphatic carbocycles. The normalized spacial score (nSPS) is 11.0. The minimum atomic E-state index is -0.471. The van der Waals surface area contributed by atoms with Gasteiger partial charge in [0.2, 0.25) is 11.8 Å². The van der Waals surface area contributed by atoms with E-state index in [0.29, 0.717) is 11.6 Å². The molecule has 2 amide bonds. The van der Waals surface area contributed by atoms with Crippen LogP contribution in [0.15, 0.2) is 30.9 Å². The summed E-state index contributed by atoms with van der Waals surface area (Å²) in [6.45, 7) is 7.41. The van der Waals surface area contributed by atoms with E-state index in [4.69, 9.17) is 11.6 Å². The topological polar surface area (TPSA) is 49.4 Å². The van der Waals surface area contributed by atoms with Crippen molar-refractivity contribution in [1.29, 1.82) is 0 Å². The average Bonchev–Trinajstić information content (AvgIpc) is 2.43. The van der Waals surface area contributed by atoms with E-state index in [0.717, 1.165) is 11.6 Å². The SMILES string of the molecule is C=CC(=O)N(C)CC(=O)NCC(C)(C)c1ccc(F)cc1Cl. The van der Waals surface area contributed by atoms with Crippen LogP contribution in [-0.2, 0) is 15.0 Å². The zero-order valence-corrected chi connectivity index (χ0v) is 13.7. The van der Waals surface area contributed by atoms with E-state index in [9.17, 15) is 14.0 Å². The summed E-state index contributed by atoms with van der Waals surface area (Å²) in [5, 5.41) is 3.07. The van der Waals surface area contributed by atoms with Gasteiger partial charge in [0, 0.05) is 24.0 Å². The van der Waals surface area contributed by atoms with Crippen molar-refractivity contribution in [2.24, 2.45) is 0 Å². The van der Waals surface area contributed by atoms with Crippen molar-refractivity contribution < 1.29 is 14.0 Å². The smallest absolute Gasteiger partial charge is 0.246 e.